The topological polar surface area (TPSA) is 60.2 Å². The Morgan fingerprint density at radius 3 is 2.65 bits per heavy atom. The zero-order valence-electron chi connectivity index (χ0n) is 11.3. The van der Waals surface area contributed by atoms with Crippen molar-refractivity contribution < 1.29 is 9.84 Å². The van der Waals surface area contributed by atoms with Crippen molar-refractivity contribution >= 4 is 0 Å². The van der Waals surface area contributed by atoms with E-state index in [1.54, 1.807) is 7.11 Å². The Labute approximate surface area is 103 Å². The zero-order valence-corrected chi connectivity index (χ0v) is 11.3. The third-order valence-corrected chi connectivity index (χ3v) is 2.94. The van der Waals surface area contributed by atoms with E-state index in [0.29, 0.717) is 12.3 Å². The Bertz CT molecular complexity index is 347. The van der Waals surface area contributed by atoms with Gasteiger partial charge in [-0.25, -0.2) is 9.67 Å². The molecule has 1 atom stereocenters. The lowest BCUT2D eigenvalue weighted by atomic mass is 9.98. The number of rotatable bonds is 6. The van der Waals surface area contributed by atoms with Gasteiger partial charge in [-0.15, -0.1) is 0 Å². The van der Waals surface area contributed by atoms with Gasteiger partial charge in [0.1, 0.15) is 12.2 Å². The Morgan fingerprint density at radius 1 is 1.47 bits per heavy atom. The van der Waals surface area contributed by atoms with Crippen molar-refractivity contribution in [1.82, 2.24) is 14.8 Å². The van der Waals surface area contributed by atoms with Crippen LogP contribution < -0.4 is 0 Å². The fourth-order valence-electron chi connectivity index (χ4n) is 1.50. The fraction of sp³-hybridized carbons (Fsp3) is 0.833. The minimum Gasteiger partial charge on any atom is -0.390 e. The van der Waals surface area contributed by atoms with E-state index < -0.39 is 11.7 Å². The zero-order chi connectivity index (χ0) is 13.1. The van der Waals surface area contributed by atoms with Crippen LogP contribution in [0.2, 0.25) is 0 Å². The van der Waals surface area contributed by atoms with E-state index in [0.717, 1.165) is 12.4 Å². The molecule has 0 aliphatic heterocycles. The van der Waals surface area contributed by atoms with E-state index >= 15 is 0 Å². The van der Waals surface area contributed by atoms with Gasteiger partial charge in [-0.2, -0.15) is 5.10 Å². The first-order valence-corrected chi connectivity index (χ1v) is 5.96. The van der Waals surface area contributed by atoms with Crippen LogP contribution in [0.1, 0.15) is 33.5 Å². The van der Waals surface area contributed by atoms with Crippen LogP contribution in [0.5, 0.6) is 0 Å². The lowest BCUT2D eigenvalue weighted by Gasteiger charge is -2.28. The Balaban J connectivity index is 2.72. The molecule has 0 fully saturated rings. The minimum absolute atomic E-state index is 0.452. The molecule has 5 heteroatoms. The maximum absolute atomic E-state index is 10.1. The number of hydrogen-bond acceptors (Lipinski definition) is 4. The predicted octanol–water partition coefficient (Wildman–Crippen LogP) is 1.26. The van der Waals surface area contributed by atoms with Crippen LogP contribution in [0.15, 0.2) is 6.33 Å². The maximum atomic E-state index is 10.1. The fourth-order valence-corrected chi connectivity index (χ4v) is 1.50. The molecule has 1 heterocycles. The second-order valence-corrected chi connectivity index (χ2v) is 5.28. The van der Waals surface area contributed by atoms with Gasteiger partial charge >= 0.3 is 0 Å². The van der Waals surface area contributed by atoms with Gasteiger partial charge in [-0.3, -0.25) is 0 Å². The van der Waals surface area contributed by atoms with Gasteiger partial charge in [0.25, 0.3) is 0 Å². The van der Waals surface area contributed by atoms with Crippen LogP contribution in [0.4, 0.5) is 0 Å². The first-order chi connectivity index (χ1) is 7.86. The highest BCUT2D eigenvalue weighted by atomic mass is 16.5. The van der Waals surface area contributed by atoms with E-state index in [1.807, 2.05) is 18.5 Å². The van der Waals surface area contributed by atoms with E-state index in [1.165, 1.54) is 6.33 Å². The third-order valence-electron chi connectivity index (χ3n) is 2.94. The Kier molecular flexibility index (Phi) is 4.65. The smallest absolute Gasteiger partial charge is 0.138 e. The summed E-state index contributed by atoms with van der Waals surface area (Å²) in [6.45, 7) is 8.79. The normalized spacial score (nSPS) is 14.3. The van der Waals surface area contributed by atoms with Gasteiger partial charge in [0, 0.05) is 20.1 Å². The van der Waals surface area contributed by atoms with Crippen LogP contribution in [0, 0.1) is 5.92 Å². The molecule has 1 aromatic rings. The summed E-state index contributed by atoms with van der Waals surface area (Å²) in [4.78, 5) is 4.19. The Morgan fingerprint density at radius 2 is 2.12 bits per heavy atom. The van der Waals surface area contributed by atoms with Gasteiger partial charge in [-0.1, -0.05) is 13.8 Å². The van der Waals surface area contributed by atoms with Crippen molar-refractivity contribution in [1.29, 1.82) is 0 Å². The maximum Gasteiger partial charge on any atom is 0.138 e. The summed E-state index contributed by atoms with van der Waals surface area (Å²) in [7, 11) is 1.60. The molecule has 1 unspecified atom stereocenters. The number of aliphatic hydroxyl groups excluding tert-OH is 1. The molecule has 0 aliphatic rings. The molecule has 1 rings (SSSR count). The van der Waals surface area contributed by atoms with E-state index in [-0.39, 0.29) is 0 Å². The molecular weight excluding hydrogens is 218 g/mol. The van der Waals surface area contributed by atoms with Crippen LogP contribution in [-0.4, -0.2) is 38.7 Å². The van der Waals surface area contributed by atoms with E-state index in [2.05, 4.69) is 23.9 Å². The molecule has 5 nitrogen and oxygen atoms in total. The first-order valence-electron chi connectivity index (χ1n) is 5.96. The van der Waals surface area contributed by atoms with Crippen LogP contribution >= 0.6 is 0 Å². The predicted molar refractivity (Wildman–Crippen MR) is 65.7 cm³/mol. The summed E-state index contributed by atoms with van der Waals surface area (Å²) in [5.74, 6) is 1.30. The summed E-state index contributed by atoms with van der Waals surface area (Å²) < 4.78 is 7.11. The summed E-state index contributed by atoms with van der Waals surface area (Å²) in [6.07, 6.45) is 1.39. The summed E-state index contributed by atoms with van der Waals surface area (Å²) in [5, 5.41) is 14.3. The summed E-state index contributed by atoms with van der Waals surface area (Å²) in [6, 6.07) is 0. The van der Waals surface area contributed by atoms with Crippen molar-refractivity contribution in [2.24, 2.45) is 5.92 Å². The minimum atomic E-state index is -0.595. The van der Waals surface area contributed by atoms with E-state index in [9.17, 15) is 5.11 Å². The number of hydrogen-bond donors (Lipinski definition) is 1. The molecule has 0 aromatic carbocycles. The molecule has 0 aliphatic carbocycles. The third kappa shape index (κ3) is 3.78. The number of aliphatic hydroxyl groups is 1. The number of ether oxygens (including phenoxy) is 1. The van der Waals surface area contributed by atoms with E-state index in [4.69, 9.17) is 4.74 Å². The second-order valence-electron chi connectivity index (χ2n) is 5.28. The van der Waals surface area contributed by atoms with Gasteiger partial charge in [-0.05, 0) is 19.8 Å². The monoisotopic (exact) mass is 241 g/mol. The van der Waals surface area contributed by atoms with Crippen molar-refractivity contribution in [2.45, 2.75) is 52.4 Å². The molecule has 1 N–H and O–H groups in total. The van der Waals surface area contributed by atoms with Crippen molar-refractivity contribution in [3.8, 4) is 0 Å². The standard InChI is InChI=1S/C12H23N3O2/c1-9(2)7-15-11(13-8-14-15)6-10(16)12(3,4)17-5/h8-10,16H,6-7H2,1-5H3. The van der Waals surface area contributed by atoms with Crippen LogP contribution in [-0.2, 0) is 17.7 Å². The Hall–Kier alpha value is -0.940. The molecular formula is C12H23N3O2. The lowest BCUT2D eigenvalue weighted by Crippen LogP contribution is -2.40. The van der Waals surface area contributed by atoms with Crippen molar-refractivity contribution in [2.75, 3.05) is 7.11 Å². The second kappa shape index (κ2) is 5.60. The van der Waals surface area contributed by atoms with Crippen LogP contribution in [0.3, 0.4) is 0 Å². The molecule has 17 heavy (non-hydrogen) atoms. The first kappa shape index (κ1) is 14.1. The van der Waals surface area contributed by atoms with Crippen LogP contribution in [0.25, 0.3) is 0 Å². The lowest BCUT2D eigenvalue weighted by molar-refractivity contribution is -0.0775. The number of aromatic nitrogens is 3. The molecule has 98 valence electrons. The molecule has 0 radical (unpaired) electrons. The van der Waals surface area contributed by atoms with Crippen molar-refractivity contribution in [3.05, 3.63) is 12.2 Å². The molecule has 0 saturated heterocycles. The van der Waals surface area contributed by atoms with Gasteiger partial charge in [0.15, 0.2) is 0 Å². The van der Waals surface area contributed by atoms with Gasteiger partial charge in [0.05, 0.1) is 11.7 Å². The highest BCUT2D eigenvalue weighted by molar-refractivity contribution is 4.93. The summed E-state index contributed by atoms with van der Waals surface area (Å²) >= 11 is 0. The summed E-state index contributed by atoms with van der Waals surface area (Å²) in [5.41, 5.74) is -0.575. The van der Waals surface area contributed by atoms with Gasteiger partial charge in [0.2, 0.25) is 0 Å². The van der Waals surface area contributed by atoms with Crippen molar-refractivity contribution in [3.63, 3.8) is 0 Å². The quantitative estimate of drug-likeness (QED) is 0.814. The number of methoxy groups -OCH3 is 1. The highest BCUT2D eigenvalue weighted by Crippen LogP contribution is 2.17. The number of nitrogens with zero attached hydrogens (tertiary/aromatic N) is 3. The molecule has 0 bridgehead atoms. The average molecular weight is 241 g/mol. The molecule has 0 spiro atoms. The molecule has 1 aromatic heterocycles. The average Bonchev–Trinajstić information content (AvgIpc) is 2.64. The highest BCUT2D eigenvalue weighted by Gasteiger charge is 2.28. The SMILES string of the molecule is COC(C)(C)C(O)Cc1ncnn1CC(C)C. The largest absolute Gasteiger partial charge is 0.390 e. The van der Waals surface area contributed by atoms with Gasteiger partial charge < -0.3 is 9.84 Å². The molecule has 0 saturated carbocycles. The molecule has 0 amide bonds.